The lowest BCUT2D eigenvalue weighted by Gasteiger charge is -1.89. The molecule has 1 aromatic carbocycles. The van der Waals surface area contributed by atoms with Gasteiger partial charge in [0.05, 0.1) is 11.4 Å². The minimum Gasteiger partial charge on any atom is -0.287 e. The van der Waals surface area contributed by atoms with Crippen molar-refractivity contribution in [3.63, 3.8) is 0 Å². The lowest BCUT2D eigenvalue weighted by molar-refractivity contribution is 1.13. The summed E-state index contributed by atoms with van der Waals surface area (Å²) in [5, 5.41) is 1.38. The predicted molar refractivity (Wildman–Crippen MR) is 53.1 cm³/mol. The lowest BCUT2D eigenvalue weighted by atomic mass is 10.1. The van der Waals surface area contributed by atoms with Crippen LogP contribution in [0.3, 0.4) is 0 Å². The zero-order valence-electron chi connectivity index (χ0n) is 6.45. The summed E-state index contributed by atoms with van der Waals surface area (Å²) >= 11 is 1.84. The highest BCUT2D eigenvalue weighted by Crippen LogP contribution is 2.32. The van der Waals surface area contributed by atoms with E-state index in [1.165, 1.54) is 20.5 Å². The van der Waals surface area contributed by atoms with E-state index in [0.717, 1.165) is 6.54 Å². The van der Waals surface area contributed by atoms with Crippen LogP contribution in [0.15, 0.2) is 29.3 Å². The summed E-state index contributed by atoms with van der Waals surface area (Å²) in [4.78, 5) is 5.59. The molecular weight excluding hydrogens is 166 g/mol. The maximum absolute atomic E-state index is 4.25. The van der Waals surface area contributed by atoms with Crippen LogP contribution < -0.4 is 0 Å². The molecule has 0 spiro atoms. The molecule has 1 aromatic heterocycles. The highest BCUT2D eigenvalue weighted by molar-refractivity contribution is 7.20. The molecule has 12 heavy (non-hydrogen) atoms. The van der Waals surface area contributed by atoms with Gasteiger partial charge in [0.2, 0.25) is 0 Å². The Bertz CT molecular complexity index is 468. The van der Waals surface area contributed by atoms with Gasteiger partial charge in [0.1, 0.15) is 0 Å². The van der Waals surface area contributed by atoms with E-state index in [1.54, 1.807) is 0 Å². The Kier molecular flexibility index (Phi) is 1.15. The third-order valence-electron chi connectivity index (χ3n) is 2.19. The predicted octanol–water partition coefficient (Wildman–Crippen LogP) is 2.83. The molecule has 0 amide bonds. The highest BCUT2D eigenvalue weighted by atomic mass is 32.1. The quantitative estimate of drug-likeness (QED) is 0.581. The number of hydrogen-bond acceptors (Lipinski definition) is 2. The van der Waals surface area contributed by atoms with E-state index in [4.69, 9.17) is 0 Å². The second-order valence-electron chi connectivity index (χ2n) is 2.91. The molecular formula is C10H7NS. The average molecular weight is 173 g/mol. The fourth-order valence-corrected chi connectivity index (χ4v) is 2.71. The van der Waals surface area contributed by atoms with E-state index in [1.807, 2.05) is 17.6 Å². The molecule has 0 aliphatic carbocycles. The van der Waals surface area contributed by atoms with Crippen molar-refractivity contribution in [2.45, 2.75) is 6.54 Å². The minimum atomic E-state index is 0.874. The third-order valence-corrected chi connectivity index (χ3v) is 3.34. The second kappa shape index (κ2) is 2.17. The third kappa shape index (κ3) is 0.703. The largest absolute Gasteiger partial charge is 0.287 e. The van der Waals surface area contributed by atoms with Crippen LogP contribution in [0, 0.1) is 0 Å². The van der Waals surface area contributed by atoms with E-state index in [0.29, 0.717) is 0 Å². The van der Waals surface area contributed by atoms with E-state index in [2.05, 4.69) is 29.3 Å². The van der Waals surface area contributed by atoms with Crippen LogP contribution in [0.1, 0.15) is 10.4 Å². The molecule has 0 bridgehead atoms. The molecule has 3 rings (SSSR count). The van der Waals surface area contributed by atoms with Crippen LogP contribution in [-0.4, -0.2) is 6.21 Å². The lowest BCUT2D eigenvalue weighted by Crippen LogP contribution is -1.73. The van der Waals surface area contributed by atoms with Gasteiger partial charge in [0, 0.05) is 16.5 Å². The number of nitrogens with zero attached hydrogens (tertiary/aromatic N) is 1. The molecule has 2 heteroatoms. The number of fused-ring (bicyclic) bond motifs is 3. The van der Waals surface area contributed by atoms with Gasteiger partial charge in [-0.05, 0) is 11.5 Å². The molecule has 0 unspecified atom stereocenters. The normalized spacial score (nSPS) is 14.0. The van der Waals surface area contributed by atoms with Gasteiger partial charge < -0.3 is 0 Å². The Morgan fingerprint density at radius 1 is 1.25 bits per heavy atom. The topological polar surface area (TPSA) is 12.4 Å². The van der Waals surface area contributed by atoms with Crippen molar-refractivity contribution in [1.82, 2.24) is 0 Å². The maximum atomic E-state index is 4.25. The number of benzene rings is 1. The van der Waals surface area contributed by atoms with Crippen molar-refractivity contribution in [2.75, 3.05) is 0 Å². The van der Waals surface area contributed by atoms with Gasteiger partial charge in [0.25, 0.3) is 0 Å². The first-order chi connectivity index (χ1) is 5.95. The van der Waals surface area contributed by atoms with Gasteiger partial charge in [0.15, 0.2) is 0 Å². The van der Waals surface area contributed by atoms with Gasteiger partial charge in [-0.1, -0.05) is 18.2 Å². The van der Waals surface area contributed by atoms with Crippen LogP contribution in [-0.2, 0) is 6.54 Å². The maximum Gasteiger partial charge on any atom is 0.0661 e. The molecule has 0 fully saturated rings. The van der Waals surface area contributed by atoms with Gasteiger partial charge in [-0.3, -0.25) is 4.99 Å². The summed E-state index contributed by atoms with van der Waals surface area (Å²) in [5.41, 5.74) is 1.41. The molecule has 0 radical (unpaired) electrons. The zero-order chi connectivity index (χ0) is 7.97. The molecule has 1 aliphatic rings. The fraction of sp³-hybridized carbons (Fsp3) is 0.100. The van der Waals surface area contributed by atoms with Crippen molar-refractivity contribution < 1.29 is 0 Å². The van der Waals surface area contributed by atoms with E-state index < -0.39 is 0 Å². The van der Waals surface area contributed by atoms with Crippen LogP contribution in [0.4, 0.5) is 0 Å². The first-order valence-electron chi connectivity index (χ1n) is 3.95. The van der Waals surface area contributed by atoms with Crippen LogP contribution in [0.5, 0.6) is 0 Å². The SMILES string of the molecule is C1=NCc2c1sc1ccccc21. The van der Waals surface area contributed by atoms with E-state index >= 15 is 0 Å². The first-order valence-corrected chi connectivity index (χ1v) is 4.77. The monoisotopic (exact) mass is 173 g/mol. The van der Waals surface area contributed by atoms with E-state index in [9.17, 15) is 0 Å². The van der Waals surface area contributed by atoms with Gasteiger partial charge in [-0.25, -0.2) is 0 Å². The first kappa shape index (κ1) is 6.38. The average Bonchev–Trinajstić information content (AvgIpc) is 2.62. The number of rotatable bonds is 0. The number of hydrogen-bond donors (Lipinski definition) is 0. The van der Waals surface area contributed by atoms with Crippen LogP contribution in [0.25, 0.3) is 10.1 Å². The fourth-order valence-electron chi connectivity index (χ4n) is 1.60. The summed E-state index contributed by atoms with van der Waals surface area (Å²) < 4.78 is 1.38. The molecule has 0 saturated heterocycles. The van der Waals surface area contributed by atoms with Crippen molar-refractivity contribution in [1.29, 1.82) is 0 Å². The van der Waals surface area contributed by atoms with Gasteiger partial charge in [-0.15, -0.1) is 11.3 Å². The molecule has 58 valence electrons. The van der Waals surface area contributed by atoms with Crippen molar-refractivity contribution in [3.05, 3.63) is 34.7 Å². The Balaban J connectivity index is 2.49. The van der Waals surface area contributed by atoms with E-state index in [-0.39, 0.29) is 0 Å². The highest BCUT2D eigenvalue weighted by Gasteiger charge is 2.12. The summed E-state index contributed by atoms with van der Waals surface area (Å²) in [5.74, 6) is 0. The molecule has 1 aliphatic heterocycles. The molecule has 0 N–H and O–H groups in total. The summed E-state index contributed by atoms with van der Waals surface area (Å²) in [6.07, 6.45) is 1.99. The zero-order valence-corrected chi connectivity index (χ0v) is 7.27. The molecule has 2 heterocycles. The molecule has 0 atom stereocenters. The number of aliphatic imine (C=N–C) groups is 1. The summed E-state index contributed by atoms with van der Waals surface area (Å²) in [7, 11) is 0. The Morgan fingerprint density at radius 2 is 2.17 bits per heavy atom. The Hall–Kier alpha value is -1.15. The minimum absolute atomic E-state index is 0.874. The molecule has 1 nitrogen and oxygen atoms in total. The van der Waals surface area contributed by atoms with Gasteiger partial charge >= 0.3 is 0 Å². The van der Waals surface area contributed by atoms with Crippen LogP contribution >= 0.6 is 11.3 Å². The Labute approximate surface area is 74.4 Å². The van der Waals surface area contributed by atoms with Gasteiger partial charge in [-0.2, -0.15) is 0 Å². The number of thiophene rings is 1. The second-order valence-corrected chi connectivity index (χ2v) is 3.99. The molecule has 0 saturated carbocycles. The Morgan fingerprint density at radius 3 is 3.17 bits per heavy atom. The summed E-state index contributed by atoms with van der Waals surface area (Å²) in [6.45, 7) is 0.874. The van der Waals surface area contributed by atoms with Crippen molar-refractivity contribution in [3.8, 4) is 0 Å². The van der Waals surface area contributed by atoms with Crippen molar-refractivity contribution in [2.24, 2.45) is 4.99 Å². The summed E-state index contributed by atoms with van der Waals surface area (Å²) in [6, 6.07) is 8.53. The van der Waals surface area contributed by atoms with Crippen LogP contribution in [0.2, 0.25) is 0 Å². The smallest absolute Gasteiger partial charge is 0.0661 e. The molecule has 2 aromatic rings. The standard InChI is InChI=1S/C10H7NS/c1-2-4-9-7(3-1)8-5-11-6-10(8)12-9/h1-4,6H,5H2. The van der Waals surface area contributed by atoms with Crippen molar-refractivity contribution >= 4 is 27.6 Å².